The van der Waals surface area contributed by atoms with Crippen molar-refractivity contribution in [2.45, 2.75) is 150 Å². The quantitative estimate of drug-likeness (QED) is 0.0610. The van der Waals surface area contributed by atoms with Crippen LogP contribution in [0.5, 0.6) is 5.75 Å². The molecule has 0 saturated carbocycles. The Bertz CT molecular complexity index is 1410. The van der Waals surface area contributed by atoms with Crippen LogP contribution in [0.15, 0.2) is 29.3 Å². The van der Waals surface area contributed by atoms with Gasteiger partial charge in [-0.3, -0.25) is 10.7 Å². The van der Waals surface area contributed by atoms with Crippen molar-refractivity contribution >= 4 is 52.1 Å². The lowest BCUT2D eigenvalue weighted by Gasteiger charge is -2.34. The number of nitrogens with zero attached hydrogens (tertiary/aromatic N) is 3. The first-order valence-corrected chi connectivity index (χ1v) is 19.6. The van der Waals surface area contributed by atoms with Crippen molar-refractivity contribution in [3.63, 3.8) is 0 Å². The van der Waals surface area contributed by atoms with Crippen molar-refractivity contribution < 1.29 is 42.9 Å². The maximum Gasteiger partial charge on any atom is 0.437 e. The highest BCUT2D eigenvalue weighted by Gasteiger charge is 2.35. The van der Waals surface area contributed by atoms with Crippen molar-refractivity contribution in [2.24, 2.45) is 4.99 Å². The first-order chi connectivity index (χ1) is 24.8. The molecule has 0 aliphatic heterocycles. The Morgan fingerprint density at radius 2 is 1.09 bits per heavy atom. The van der Waals surface area contributed by atoms with Crippen molar-refractivity contribution in [3.05, 3.63) is 29.8 Å². The van der Waals surface area contributed by atoms with Crippen LogP contribution in [0.4, 0.5) is 19.2 Å². The molecule has 15 heteroatoms. The molecule has 0 aliphatic rings. The summed E-state index contributed by atoms with van der Waals surface area (Å²) in [4.78, 5) is 59.5. The zero-order valence-corrected chi connectivity index (χ0v) is 36.1. The zero-order valence-electron chi connectivity index (χ0n) is 34.5. The van der Waals surface area contributed by atoms with E-state index in [2.05, 4.69) is 26.2 Å². The first-order valence-electron chi connectivity index (χ1n) is 18.5. The van der Waals surface area contributed by atoms with E-state index in [9.17, 15) is 19.2 Å². The zero-order chi connectivity index (χ0) is 41.3. The fraction of sp³-hybridized carbons (Fsp3) is 0.692. The number of carbonyl (C=O) groups is 4. The van der Waals surface area contributed by atoms with E-state index in [0.29, 0.717) is 30.6 Å². The van der Waals surface area contributed by atoms with E-state index in [-0.39, 0.29) is 31.5 Å². The molecule has 0 saturated heterocycles. The average Bonchev–Trinajstić information content (AvgIpc) is 2.98. The molecule has 1 aromatic carbocycles. The summed E-state index contributed by atoms with van der Waals surface area (Å²) in [6.07, 6.45) is 1.95. The van der Waals surface area contributed by atoms with Gasteiger partial charge in [0.05, 0.1) is 6.61 Å². The molecule has 0 atom stereocenters. The smallest absolute Gasteiger partial charge is 0.437 e. The van der Waals surface area contributed by atoms with Gasteiger partial charge in [-0.2, -0.15) is 0 Å². The maximum absolute atomic E-state index is 13.8. The molecule has 14 nitrogen and oxygen atoms in total. The number of guanidine groups is 1. The molecule has 1 rings (SSSR count). The number of nitrogens with one attached hydrogen (secondary N) is 2. The van der Waals surface area contributed by atoms with Crippen LogP contribution in [0.1, 0.15) is 134 Å². The predicted octanol–water partition coefficient (Wildman–Crippen LogP) is 9.81. The maximum atomic E-state index is 13.8. The van der Waals surface area contributed by atoms with Crippen LogP contribution in [0.25, 0.3) is 0 Å². The molecule has 54 heavy (non-hydrogen) atoms. The van der Waals surface area contributed by atoms with Crippen LogP contribution in [0.2, 0.25) is 0 Å². The highest BCUT2D eigenvalue weighted by atomic mass is 79.9. The lowest BCUT2D eigenvalue weighted by Crippen LogP contribution is -2.53. The summed E-state index contributed by atoms with van der Waals surface area (Å²) in [5, 5.41) is 11.5. The first kappa shape index (κ1) is 48.1. The van der Waals surface area contributed by atoms with E-state index in [4.69, 9.17) is 29.1 Å². The van der Waals surface area contributed by atoms with Gasteiger partial charge in [-0.1, -0.05) is 35.2 Å². The number of amides is 4. The monoisotopic (exact) mass is 825 g/mol. The van der Waals surface area contributed by atoms with E-state index < -0.39 is 46.8 Å². The van der Waals surface area contributed by atoms with Crippen LogP contribution in [0.3, 0.4) is 0 Å². The van der Waals surface area contributed by atoms with Gasteiger partial charge >= 0.3 is 24.4 Å². The summed E-state index contributed by atoms with van der Waals surface area (Å²) in [5.41, 5.74) is -2.89. The summed E-state index contributed by atoms with van der Waals surface area (Å²) >= 11 is 3.46. The molecule has 0 unspecified atom stereocenters. The minimum atomic E-state index is -0.974. The lowest BCUT2D eigenvalue weighted by molar-refractivity contribution is 0.0270. The standard InChI is InChI=1S/C39H64BrN5O9/c1-36(2,3)51-32(46)42-30(41)28-20-22-29(23-21-28)50-27-19-18-26-45(35(49)54-39(10,11)12)31(43-33(47)52-37(4,5)6)44(34(48)53-38(7,8)9)25-17-15-13-14-16-24-40/h20-23H,13-19,24-27H2,1-12H3,(H2,41,42,46). The topological polar surface area (TPSA) is 169 Å². The summed E-state index contributed by atoms with van der Waals surface area (Å²) in [6, 6.07) is 6.65. The third kappa shape index (κ3) is 21.7. The van der Waals surface area contributed by atoms with Gasteiger partial charge in [-0.05, 0) is 133 Å². The van der Waals surface area contributed by atoms with Crippen LogP contribution in [0, 0.1) is 5.41 Å². The summed E-state index contributed by atoms with van der Waals surface area (Å²) < 4.78 is 28.1. The Morgan fingerprint density at radius 1 is 0.648 bits per heavy atom. The number of hydrogen-bond acceptors (Lipinski definition) is 10. The number of unbranched alkanes of at least 4 members (excludes halogenated alkanes) is 5. The number of hydrogen-bond donors (Lipinski definition) is 2. The molecule has 306 valence electrons. The minimum absolute atomic E-state index is 0.0247. The van der Waals surface area contributed by atoms with Gasteiger partial charge in [0.1, 0.15) is 34.0 Å². The fourth-order valence-corrected chi connectivity index (χ4v) is 4.86. The molecular weight excluding hydrogens is 762 g/mol. The van der Waals surface area contributed by atoms with E-state index in [1.807, 2.05) is 0 Å². The number of alkyl halides is 1. The minimum Gasteiger partial charge on any atom is -0.494 e. The normalized spacial score (nSPS) is 12.4. The van der Waals surface area contributed by atoms with Crippen molar-refractivity contribution in [2.75, 3.05) is 25.0 Å². The van der Waals surface area contributed by atoms with Gasteiger partial charge in [0.25, 0.3) is 0 Å². The predicted molar refractivity (Wildman–Crippen MR) is 214 cm³/mol. The van der Waals surface area contributed by atoms with E-state index in [1.165, 1.54) is 9.80 Å². The van der Waals surface area contributed by atoms with E-state index in [0.717, 1.165) is 31.0 Å². The number of rotatable bonds is 14. The van der Waals surface area contributed by atoms with E-state index in [1.54, 1.807) is 107 Å². The summed E-state index contributed by atoms with van der Waals surface area (Å²) in [6.45, 7) is 21.1. The third-order valence-electron chi connectivity index (χ3n) is 6.62. The fourth-order valence-electron chi connectivity index (χ4n) is 4.47. The van der Waals surface area contributed by atoms with Crippen molar-refractivity contribution in [3.8, 4) is 5.75 Å². The molecule has 0 spiro atoms. The molecule has 4 amide bonds. The second-order valence-electron chi connectivity index (χ2n) is 16.7. The van der Waals surface area contributed by atoms with Gasteiger partial charge in [-0.15, -0.1) is 4.99 Å². The third-order valence-corrected chi connectivity index (χ3v) is 7.19. The molecule has 2 N–H and O–H groups in total. The second-order valence-corrected chi connectivity index (χ2v) is 17.5. The molecule has 1 aromatic rings. The molecule has 0 heterocycles. The number of amidine groups is 1. The van der Waals surface area contributed by atoms with Gasteiger partial charge in [0, 0.05) is 24.0 Å². The highest BCUT2D eigenvalue weighted by molar-refractivity contribution is 9.09. The lowest BCUT2D eigenvalue weighted by atomic mass is 10.1. The van der Waals surface area contributed by atoms with Gasteiger partial charge < -0.3 is 23.7 Å². The van der Waals surface area contributed by atoms with Gasteiger partial charge in [-0.25, -0.2) is 29.0 Å². The Kier molecular flexibility index (Phi) is 19.5. The Morgan fingerprint density at radius 3 is 1.56 bits per heavy atom. The van der Waals surface area contributed by atoms with Gasteiger partial charge in [0.2, 0.25) is 5.96 Å². The average molecular weight is 827 g/mol. The van der Waals surface area contributed by atoms with Gasteiger partial charge in [0.15, 0.2) is 0 Å². The summed E-state index contributed by atoms with van der Waals surface area (Å²) in [7, 11) is 0. The molecular formula is C39H64BrN5O9. The molecule has 0 bridgehead atoms. The molecule has 0 radical (unpaired) electrons. The van der Waals surface area contributed by atoms with Crippen LogP contribution >= 0.6 is 15.9 Å². The number of ether oxygens (including phenoxy) is 5. The largest absolute Gasteiger partial charge is 0.494 e. The number of alkyl carbamates (subject to hydrolysis) is 1. The van der Waals surface area contributed by atoms with E-state index >= 15 is 0 Å². The molecule has 0 aliphatic carbocycles. The number of aliphatic imine (C=N–C) groups is 1. The summed E-state index contributed by atoms with van der Waals surface area (Å²) in [5.74, 6) is 0.177. The Balaban J connectivity index is 3.30. The molecule has 0 fully saturated rings. The van der Waals surface area contributed by atoms with Crippen molar-refractivity contribution in [1.82, 2.24) is 15.1 Å². The van der Waals surface area contributed by atoms with Crippen LogP contribution in [-0.2, 0) is 18.9 Å². The van der Waals surface area contributed by atoms with Crippen LogP contribution in [-0.4, -0.2) is 93.4 Å². The Hall–Kier alpha value is -3.88. The highest BCUT2D eigenvalue weighted by Crippen LogP contribution is 2.19. The number of carbonyl (C=O) groups excluding carboxylic acids is 4. The van der Waals surface area contributed by atoms with Crippen LogP contribution < -0.4 is 10.1 Å². The Labute approximate surface area is 330 Å². The van der Waals surface area contributed by atoms with Crippen molar-refractivity contribution in [1.29, 1.82) is 5.41 Å². The molecule has 0 aromatic heterocycles. The second kappa shape index (κ2) is 21.9. The number of halogens is 1. The number of benzene rings is 1. The SMILES string of the molecule is CC(C)(C)OC(=O)N=C(N(CCCCCCCBr)C(=O)OC(C)(C)C)N(CCCCOc1ccc(C(=N)NC(=O)OC(C)(C)C)cc1)C(=O)OC(C)(C)C.